The van der Waals surface area contributed by atoms with Gasteiger partial charge in [0.2, 0.25) is 0 Å². The van der Waals surface area contributed by atoms with Crippen molar-refractivity contribution in [3.05, 3.63) is 47.0 Å². The molecule has 0 fully saturated rings. The van der Waals surface area contributed by atoms with Crippen LogP contribution in [0.5, 0.6) is 0 Å². The number of carbonyl (C=O) groups is 2. The van der Waals surface area contributed by atoms with Crippen molar-refractivity contribution in [2.75, 3.05) is 13.1 Å². The summed E-state index contributed by atoms with van der Waals surface area (Å²) >= 11 is 0. The molecule has 1 amide bonds. The first-order chi connectivity index (χ1) is 9.00. The van der Waals surface area contributed by atoms with Crippen molar-refractivity contribution < 1.29 is 23.5 Å². The first-order valence-corrected chi connectivity index (χ1v) is 5.67. The lowest BCUT2D eigenvalue weighted by atomic mass is 10.0. The van der Waals surface area contributed by atoms with Gasteiger partial charge in [-0.25, -0.2) is 13.6 Å². The third-order valence-electron chi connectivity index (χ3n) is 2.87. The average molecular weight is 267 g/mol. The number of halogens is 2. The van der Waals surface area contributed by atoms with Crippen molar-refractivity contribution in [3.63, 3.8) is 0 Å². The van der Waals surface area contributed by atoms with Gasteiger partial charge in [-0.3, -0.25) is 4.79 Å². The second-order valence-electron chi connectivity index (χ2n) is 4.13. The zero-order valence-electron chi connectivity index (χ0n) is 9.90. The maximum atomic E-state index is 13.2. The highest BCUT2D eigenvalue weighted by Gasteiger charge is 2.24. The zero-order chi connectivity index (χ0) is 14.0. The smallest absolute Gasteiger partial charge is 0.336 e. The number of amides is 1. The number of carboxylic acid groups (broad SMARTS) is 1. The molecule has 0 saturated carbocycles. The molecule has 1 heterocycles. The van der Waals surface area contributed by atoms with E-state index in [4.69, 9.17) is 5.11 Å². The Morgan fingerprint density at radius 2 is 1.74 bits per heavy atom. The summed E-state index contributed by atoms with van der Waals surface area (Å²) in [6, 6.07) is 1.17. The normalized spacial score (nSPS) is 14.5. The van der Waals surface area contributed by atoms with Crippen LogP contribution in [-0.2, 0) is 0 Å². The van der Waals surface area contributed by atoms with Gasteiger partial charge in [-0.05, 0) is 18.6 Å². The number of carboxylic acids is 1. The molecule has 1 aromatic carbocycles. The average Bonchev–Trinajstić information content (AvgIpc) is 2.41. The lowest BCUT2D eigenvalue weighted by Gasteiger charge is -2.24. The SMILES string of the molecule is O=C(O)c1cc(F)c(F)cc1C(=O)N1CC=CCC1. The Bertz CT molecular complexity index is 569. The Balaban J connectivity index is 2.42. The summed E-state index contributed by atoms with van der Waals surface area (Å²) in [7, 11) is 0. The molecule has 1 aliphatic rings. The summed E-state index contributed by atoms with van der Waals surface area (Å²) in [4.78, 5) is 24.5. The van der Waals surface area contributed by atoms with Gasteiger partial charge >= 0.3 is 5.97 Å². The number of rotatable bonds is 2. The molecular formula is C13H11F2NO3. The predicted octanol–water partition coefficient (Wildman–Crippen LogP) is 2.07. The molecule has 1 aromatic rings. The van der Waals surface area contributed by atoms with E-state index in [9.17, 15) is 18.4 Å². The number of hydrogen-bond acceptors (Lipinski definition) is 2. The van der Waals surface area contributed by atoms with Crippen LogP contribution in [0.2, 0.25) is 0 Å². The monoisotopic (exact) mass is 267 g/mol. The van der Waals surface area contributed by atoms with Gasteiger partial charge < -0.3 is 10.0 Å². The van der Waals surface area contributed by atoms with Crippen LogP contribution in [-0.4, -0.2) is 35.0 Å². The first-order valence-electron chi connectivity index (χ1n) is 5.67. The lowest BCUT2D eigenvalue weighted by molar-refractivity contribution is 0.0677. The number of aromatic carboxylic acids is 1. The second-order valence-corrected chi connectivity index (χ2v) is 4.13. The zero-order valence-corrected chi connectivity index (χ0v) is 9.90. The standard InChI is InChI=1S/C13H11F2NO3/c14-10-6-8(9(13(18)19)7-11(10)15)12(17)16-4-2-1-3-5-16/h1-2,6-7H,3-5H2,(H,18,19). The van der Waals surface area contributed by atoms with Gasteiger partial charge in [0, 0.05) is 13.1 Å². The summed E-state index contributed by atoms with van der Waals surface area (Å²) < 4.78 is 26.2. The minimum atomic E-state index is -1.46. The topological polar surface area (TPSA) is 57.6 Å². The van der Waals surface area contributed by atoms with E-state index in [2.05, 4.69) is 0 Å². The third-order valence-corrected chi connectivity index (χ3v) is 2.87. The minimum Gasteiger partial charge on any atom is -0.478 e. The van der Waals surface area contributed by atoms with E-state index in [1.807, 2.05) is 6.08 Å². The van der Waals surface area contributed by atoms with Crippen LogP contribution < -0.4 is 0 Å². The van der Waals surface area contributed by atoms with Crippen molar-refractivity contribution in [3.8, 4) is 0 Å². The molecule has 0 radical (unpaired) electrons. The van der Waals surface area contributed by atoms with E-state index in [-0.39, 0.29) is 5.56 Å². The molecule has 0 saturated heterocycles. The fourth-order valence-electron chi connectivity index (χ4n) is 1.90. The quantitative estimate of drug-likeness (QED) is 0.834. The van der Waals surface area contributed by atoms with Crippen LogP contribution in [0.4, 0.5) is 8.78 Å². The number of nitrogens with zero attached hydrogens (tertiary/aromatic N) is 1. The number of benzene rings is 1. The molecule has 0 aromatic heterocycles. The van der Waals surface area contributed by atoms with E-state index in [0.717, 1.165) is 0 Å². The van der Waals surface area contributed by atoms with Gasteiger partial charge in [-0.1, -0.05) is 12.2 Å². The summed E-state index contributed by atoms with van der Waals surface area (Å²) in [5.74, 6) is -4.59. The van der Waals surface area contributed by atoms with Crippen LogP contribution >= 0.6 is 0 Å². The molecule has 0 atom stereocenters. The summed E-state index contributed by atoms with van der Waals surface area (Å²) in [5, 5.41) is 8.95. The van der Waals surface area contributed by atoms with Crippen molar-refractivity contribution >= 4 is 11.9 Å². The van der Waals surface area contributed by atoms with Crippen LogP contribution in [0.15, 0.2) is 24.3 Å². The molecule has 19 heavy (non-hydrogen) atoms. The highest BCUT2D eigenvalue weighted by molar-refractivity contribution is 6.04. The molecule has 0 bridgehead atoms. The predicted molar refractivity (Wildman–Crippen MR) is 63.0 cm³/mol. The van der Waals surface area contributed by atoms with Gasteiger partial charge in [0.25, 0.3) is 5.91 Å². The highest BCUT2D eigenvalue weighted by Crippen LogP contribution is 2.18. The maximum Gasteiger partial charge on any atom is 0.336 e. The molecule has 100 valence electrons. The molecular weight excluding hydrogens is 256 g/mol. The van der Waals surface area contributed by atoms with Crippen LogP contribution in [0.1, 0.15) is 27.1 Å². The highest BCUT2D eigenvalue weighted by atomic mass is 19.2. The van der Waals surface area contributed by atoms with E-state index < -0.39 is 29.1 Å². The van der Waals surface area contributed by atoms with Crippen LogP contribution in [0.25, 0.3) is 0 Å². The lowest BCUT2D eigenvalue weighted by Crippen LogP contribution is -2.34. The molecule has 4 nitrogen and oxygen atoms in total. The molecule has 0 spiro atoms. The van der Waals surface area contributed by atoms with Crippen molar-refractivity contribution in [2.45, 2.75) is 6.42 Å². The molecule has 0 aliphatic carbocycles. The maximum absolute atomic E-state index is 13.2. The largest absolute Gasteiger partial charge is 0.478 e. The van der Waals surface area contributed by atoms with Gasteiger partial charge in [0.1, 0.15) is 0 Å². The Kier molecular flexibility index (Phi) is 3.59. The van der Waals surface area contributed by atoms with E-state index >= 15 is 0 Å². The Morgan fingerprint density at radius 3 is 2.26 bits per heavy atom. The molecule has 6 heteroatoms. The van der Waals surface area contributed by atoms with Gasteiger partial charge in [0.05, 0.1) is 11.1 Å². The number of carbonyl (C=O) groups excluding carboxylic acids is 1. The van der Waals surface area contributed by atoms with Crippen LogP contribution in [0, 0.1) is 11.6 Å². The Labute approximate surface area is 107 Å². The molecule has 1 aliphatic heterocycles. The van der Waals surface area contributed by atoms with Gasteiger partial charge in [0.15, 0.2) is 11.6 Å². The van der Waals surface area contributed by atoms with Gasteiger partial charge in [-0.15, -0.1) is 0 Å². The number of hydrogen-bond donors (Lipinski definition) is 1. The molecule has 2 rings (SSSR count). The van der Waals surface area contributed by atoms with Crippen molar-refractivity contribution in [1.82, 2.24) is 4.90 Å². The Morgan fingerprint density at radius 1 is 1.11 bits per heavy atom. The molecule has 1 N–H and O–H groups in total. The fourth-order valence-corrected chi connectivity index (χ4v) is 1.90. The van der Waals surface area contributed by atoms with E-state index in [1.165, 1.54) is 4.90 Å². The Hall–Kier alpha value is -2.24. The fraction of sp³-hybridized carbons (Fsp3) is 0.231. The van der Waals surface area contributed by atoms with Gasteiger partial charge in [-0.2, -0.15) is 0 Å². The first kappa shape index (κ1) is 13.2. The molecule has 0 unspecified atom stereocenters. The summed E-state index contributed by atoms with van der Waals surface area (Å²) in [5.41, 5.74) is -0.861. The minimum absolute atomic E-state index is 0.330. The van der Waals surface area contributed by atoms with Crippen molar-refractivity contribution in [2.24, 2.45) is 0 Å². The summed E-state index contributed by atoms with van der Waals surface area (Å²) in [6.07, 6.45) is 4.31. The third kappa shape index (κ3) is 2.62. The van der Waals surface area contributed by atoms with Crippen molar-refractivity contribution in [1.29, 1.82) is 0 Å². The van der Waals surface area contributed by atoms with E-state index in [0.29, 0.717) is 31.6 Å². The summed E-state index contributed by atoms with van der Waals surface area (Å²) in [6.45, 7) is 0.754. The van der Waals surface area contributed by atoms with Crippen LogP contribution in [0.3, 0.4) is 0 Å². The second kappa shape index (κ2) is 5.17. The van der Waals surface area contributed by atoms with E-state index in [1.54, 1.807) is 6.08 Å².